The highest BCUT2D eigenvalue weighted by Crippen LogP contribution is 2.37. The van der Waals surface area contributed by atoms with Gasteiger partial charge in [0, 0.05) is 62.6 Å². The van der Waals surface area contributed by atoms with E-state index in [0.29, 0.717) is 17.9 Å². The van der Waals surface area contributed by atoms with Crippen LogP contribution in [0.1, 0.15) is 55.7 Å². The highest BCUT2D eigenvalue weighted by molar-refractivity contribution is 5.22. The van der Waals surface area contributed by atoms with Crippen LogP contribution < -0.4 is 5.56 Å². The standard InChI is InChI=1S/C22H33N3O2/c26-22-18(15-23-8-2-1-3-9-23)4-5-21-19-12-17(14-25(21)22)13-24(16-19)20-6-10-27-11-7-20/h4-5,17,19-20H,1-3,6-16H2/t17-,19+/m0/s1. The Hall–Kier alpha value is -1.17. The van der Waals surface area contributed by atoms with Crippen LogP contribution in [0.5, 0.6) is 0 Å². The van der Waals surface area contributed by atoms with Crippen molar-refractivity contribution in [2.24, 2.45) is 5.92 Å². The fourth-order valence-corrected chi connectivity index (χ4v) is 5.86. The molecule has 148 valence electrons. The van der Waals surface area contributed by atoms with E-state index in [4.69, 9.17) is 4.74 Å². The van der Waals surface area contributed by atoms with Crippen molar-refractivity contribution in [3.63, 3.8) is 0 Å². The van der Waals surface area contributed by atoms with Crippen molar-refractivity contribution in [1.82, 2.24) is 14.4 Å². The average Bonchev–Trinajstić information content (AvgIpc) is 2.72. The predicted octanol–water partition coefficient (Wildman–Crippen LogP) is 2.43. The van der Waals surface area contributed by atoms with Gasteiger partial charge in [-0.2, -0.15) is 0 Å². The van der Waals surface area contributed by atoms with Gasteiger partial charge in [0.25, 0.3) is 5.56 Å². The Kier molecular flexibility index (Phi) is 5.09. The molecule has 0 aromatic carbocycles. The summed E-state index contributed by atoms with van der Waals surface area (Å²) in [7, 11) is 0. The van der Waals surface area contributed by atoms with Crippen molar-refractivity contribution in [3.8, 4) is 0 Å². The maximum Gasteiger partial charge on any atom is 0.255 e. The highest BCUT2D eigenvalue weighted by Gasteiger charge is 2.37. The van der Waals surface area contributed by atoms with Crippen LogP contribution in [0.15, 0.2) is 16.9 Å². The van der Waals surface area contributed by atoms with E-state index in [1.807, 2.05) is 0 Å². The third-order valence-electron chi connectivity index (χ3n) is 7.26. The molecule has 3 fully saturated rings. The first-order valence-electron chi connectivity index (χ1n) is 11.0. The molecule has 0 radical (unpaired) electrons. The van der Waals surface area contributed by atoms with E-state index in [1.165, 1.54) is 44.2 Å². The number of ether oxygens (including phenoxy) is 1. The molecule has 1 aromatic heterocycles. The molecule has 2 bridgehead atoms. The van der Waals surface area contributed by atoms with Crippen molar-refractivity contribution >= 4 is 0 Å². The van der Waals surface area contributed by atoms with Crippen LogP contribution >= 0.6 is 0 Å². The number of nitrogens with zero attached hydrogens (tertiary/aromatic N) is 3. The van der Waals surface area contributed by atoms with Gasteiger partial charge in [0.1, 0.15) is 0 Å². The number of hydrogen-bond donors (Lipinski definition) is 0. The smallest absolute Gasteiger partial charge is 0.255 e. The van der Waals surface area contributed by atoms with Crippen LogP contribution in [0.4, 0.5) is 0 Å². The average molecular weight is 372 g/mol. The van der Waals surface area contributed by atoms with Gasteiger partial charge in [-0.25, -0.2) is 0 Å². The van der Waals surface area contributed by atoms with E-state index in [9.17, 15) is 4.79 Å². The first kappa shape index (κ1) is 17.9. The summed E-state index contributed by atoms with van der Waals surface area (Å²) in [4.78, 5) is 18.4. The summed E-state index contributed by atoms with van der Waals surface area (Å²) >= 11 is 0. The third-order valence-corrected chi connectivity index (χ3v) is 7.26. The molecule has 5 heteroatoms. The van der Waals surface area contributed by atoms with E-state index in [0.717, 1.165) is 58.0 Å². The number of aromatic nitrogens is 1. The molecule has 0 unspecified atom stereocenters. The van der Waals surface area contributed by atoms with Crippen molar-refractivity contribution in [1.29, 1.82) is 0 Å². The number of pyridine rings is 1. The number of rotatable bonds is 3. The van der Waals surface area contributed by atoms with Gasteiger partial charge >= 0.3 is 0 Å². The molecule has 27 heavy (non-hydrogen) atoms. The topological polar surface area (TPSA) is 37.7 Å². The molecule has 0 saturated carbocycles. The van der Waals surface area contributed by atoms with E-state index in [2.05, 4.69) is 26.5 Å². The van der Waals surface area contributed by atoms with Gasteiger partial charge in [0.05, 0.1) is 0 Å². The van der Waals surface area contributed by atoms with E-state index >= 15 is 0 Å². The maximum atomic E-state index is 13.2. The quantitative estimate of drug-likeness (QED) is 0.818. The van der Waals surface area contributed by atoms with Crippen molar-refractivity contribution in [2.75, 3.05) is 39.4 Å². The predicted molar refractivity (Wildman–Crippen MR) is 106 cm³/mol. The van der Waals surface area contributed by atoms with Crippen LogP contribution in [-0.2, 0) is 17.8 Å². The Bertz CT molecular complexity index is 719. The SMILES string of the molecule is O=c1c(CN2CCCCC2)ccc2n1C[C@H]1C[C@@H]2CN(C2CCOCC2)C1. The van der Waals surface area contributed by atoms with E-state index in [-0.39, 0.29) is 5.56 Å². The van der Waals surface area contributed by atoms with Crippen molar-refractivity contribution in [3.05, 3.63) is 33.7 Å². The molecule has 2 atom stereocenters. The Labute approximate surface area is 162 Å². The molecular formula is C22H33N3O2. The summed E-state index contributed by atoms with van der Waals surface area (Å²) in [6.07, 6.45) is 7.48. The maximum absolute atomic E-state index is 13.2. The van der Waals surface area contributed by atoms with Crippen LogP contribution in [-0.4, -0.2) is 59.8 Å². The van der Waals surface area contributed by atoms with Gasteiger partial charge in [-0.05, 0) is 57.2 Å². The van der Waals surface area contributed by atoms with Crippen LogP contribution in [0.2, 0.25) is 0 Å². The minimum atomic E-state index is 0.285. The second-order valence-corrected chi connectivity index (χ2v) is 9.13. The normalized spacial score (nSPS) is 30.2. The molecule has 5 heterocycles. The first-order chi connectivity index (χ1) is 13.3. The molecule has 0 spiro atoms. The first-order valence-corrected chi connectivity index (χ1v) is 11.0. The van der Waals surface area contributed by atoms with Gasteiger partial charge in [-0.3, -0.25) is 14.6 Å². The van der Waals surface area contributed by atoms with Gasteiger partial charge in [0.15, 0.2) is 0 Å². The Morgan fingerprint density at radius 3 is 2.63 bits per heavy atom. The highest BCUT2D eigenvalue weighted by atomic mass is 16.5. The largest absolute Gasteiger partial charge is 0.381 e. The molecule has 1 aromatic rings. The monoisotopic (exact) mass is 371 g/mol. The molecule has 4 aliphatic rings. The molecule has 3 saturated heterocycles. The summed E-state index contributed by atoms with van der Waals surface area (Å²) in [6.45, 7) is 8.13. The minimum Gasteiger partial charge on any atom is -0.381 e. The van der Waals surface area contributed by atoms with Crippen LogP contribution in [0.25, 0.3) is 0 Å². The third kappa shape index (κ3) is 3.62. The zero-order valence-electron chi connectivity index (χ0n) is 16.4. The second kappa shape index (κ2) is 7.69. The van der Waals surface area contributed by atoms with Gasteiger partial charge in [0.2, 0.25) is 0 Å². The van der Waals surface area contributed by atoms with Crippen LogP contribution in [0, 0.1) is 5.92 Å². The lowest BCUT2D eigenvalue weighted by Gasteiger charge is -2.46. The minimum absolute atomic E-state index is 0.285. The molecular weight excluding hydrogens is 338 g/mol. The fraction of sp³-hybridized carbons (Fsp3) is 0.773. The lowest BCUT2D eigenvalue weighted by Crippen LogP contribution is -2.52. The van der Waals surface area contributed by atoms with E-state index in [1.54, 1.807) is 0 Å². The second-order valence-electron chi connectivity index (χ2n) is 9.13. The van der Waals surface area contributed by atoms with Crippen molar-refractivity contribution < 1.29 is 4.74 Å². The molecule has 4 aliphatic heterocycles. The number of piperidine rings is 2. The van der Waals surface area contributed by atoms with Crippen LogP contribution in [0.3, 0.4) is 0 Å². The zero-order chi connectivity index (χ0) is 18.2. The fourth-order valence-electron chi connectivity index (χ4n) is 5.86. The molecule has 0 aliphatic carbocycles. The summed E-state index contributed by atoms with van der Waals surface area (Å²) < 4.78 is 7.69. The molecule has 5 nitrogen and oxygen atoms in total. The Morgan fingerprint density at radius 1 is 1.00 bits per heavy atom. The van der Waals surface area contributed by atoms with E-state index < -0.39 is 0 Å². The zero-order valence-corrected chi connectivity index (χ0v) is 16.4. The lowest BCUT2D eigenvalue weighted by atomic mass is 9.82. The van der Waals surface area contributed by atoms with Gasteiger partial charge in [-0.1, -0.05) is 12.5 Å². The summed E-state index contributed by atoms with van der Waals surface area (Å²) in [5.41, 5.74) is 2.57. The lowest BCUT2D eigenvalue weighted by molar-refractivity contribution is 0.00582. The Morgan fingerprint density at radius 2 is 1.81 bits per heavy atom. The molecule has 5 rings (SSSR count). The number of likely N-dealkylation sites (tertiary alicyclic amines) is 2. The van der Waals surface area contributed by atoms with Gasteiger partial charge in [-0.15, -0.1) is 0 Å². The van der Waals surface area contributed by atoms with Crippen molar-refractivity contribution in [2.45, 2.75) is 63.6 Å². The summed E-state index contributed by atoms with van der Waals surface area (Å²) in [6, 6.07) is 5.09. The summed E-state index contributed by atoms with van der Waals surface area (Å²) in [5.74, 6) is 1.15. The van der Waals surface area contributed by atoms with Gasteiger partial charge < -0.3 is 9.30 Å². The Balaban J connectivity index is 1.35. The molecule has 0 amide bonds. The number of hydrogen-bond acceptors (Lipinski definition) is 4. The summed E-state index contributed by atoms with van der Waals surface area (Å²) in [5, 5.41) is 0. The molecule has 0 N–H and O–H groups in total. The number of fused-ring (bicyclic) bond motifs is 4.